The van der Waals surface area contributed by atoms with Crippen molar-refractivity contribution in [2.24, 2.45) is 5.14 Å². The van der Waals surface area contributed by atoms with E-state index in [-0.39, 0.29) is 13.0 Å². The van der Waals surface area contributed by atoms with Crippen LogP contribution in [0.1, 0.15) is 6.42 Å². The van der Waals surface area contributed by atoms with Gasteiger partial charge in [-0.25, -0.2) is 9.86 Å². The maximum absolute atomic E-state index is 10.3. The van der Waals surface area contributed by atoms with Gasteiger partial charge in [0.25, 0.3) is 10.2 Å². The van der Waals surface area contributed by atoms with Gasteiger partial charge in [-0.15, -0.1) is 0 Å². The maximum atomic E-state index is 10.3. The molecule has 0 fully saturated rings. The Kier molecular flexibility index (Phi) is 4.39. The van der Waals surface area contributed by atoms with E-state index in [2.05, 4.69) is 5.14 Å². The van der Waals surface area contributed by atoms with Crippen molar-refractivity contribution < 1.29 is 8.42 Å². The average Bonchev–Trinajstić information content (AvgIpc) is 1.55. The average molecular weight is 242 g/mol. The van der Waals surface area contributed by atoms with Gasteiger partial charge in [-0.2, -0.15) is 8.42 Å². The van der Waals surface area contributed by atoms with Crippen LogP contribution < -0.4 is 9.86 Å². The zero-order valence-corrected chi connectivity index (χ0v) is 8.43. The van der Waals surface area contributed by atoms with Crippen LogP contribution in [0.3, 0.4) is 0 Å². The van der Waals surface area contributed by atoms with E-state index in [9.17, 15) is 8.42 Å². The summed E-state index contributed by atoms with van der Waals surface area (Å²) in [6, 6.07) is 0. The number of nitrogens with two attached hydrogens (primary N) is 1. The van der Waals surface area contributed by atoms with Crippen molar-refractivity contribution in [1.29, 1.82) is 0 Å². The number of alkyl halides is 3. The molecule has 0 rings (SSSR count). The Labute approximate surface area is 80.2 Å². The first kappa shape index (κ1) is 11.7. The summed E-state index contributed by atoms with van der Waals surface area (Å²) in [6.45, 7) is 0.00926. The minimum Gasteiger partial charge on any atom is -0.216 e. The largest absolute Gasteiger partial charge is 0.274 e. The van der Waals surface area contributed by atoms with E-state index >= 15 is 0 Å². The van der Waals surface area contributed by atoms with Crippen LogP contribution in [0.5, 0.6) is 0 Å². The molecule has 0 saturated carbocycles. The summed E-state index contributed by atoms with van der Waals surface area (Å²) in [5.41, 5.74) is 0. The topological polar surface area (TPSA) is 72.2 Å². The zero-order valence-electron chi connectivity index (χ0n) is 5.35. The quantitative estimate of drug-likeness (QED) is 0.708. The standard InChI is InChI=1S/C3H7Cl3N2O2S/c4-3(5,6)1-2-8-11(7,9)10/h8H,1-2H2,(H2,7,9,10). The highest BCUT2D eigenvalue weighted by Gasteiger charge is 2.19. The number of hydrogen-bond donors (Lipinski definition) is 2. The van der Waals surface area contributed by atoms with Crippen LogP contribution >= 0.6 is 34.8 Å². The van der Waals surface area contributed by atoms with Gasteiger partial charge in [0.1, 0.15) is 0 Å². The van der Waals surface area contributed by atoms with Crippen molar-refractivity contribution in [3.8, 4) is 0 Å². The predicted molar refractivity (Wildman–Crippen MR) is 46.0 cm³/mol. The Morgan fingerprint density at radius 3 is 2.09 bits per heavy atom. The Morgan fingerprint density at radius 2 is 1.82 bits per heavy atom. The molecule has 0 saturated heterocycles. The van der Waals surface area contributed by atoms with E-state index in [4.69, 9.17) is 34.8 Å². The predicted octanol–water partition coefficient (Wildman–Crippen LogP) is 0.540. The van der Waals surface area contributed by atoms with Crippen molar-refractivity contribution in [3.05, 3.63) is 0 Å². The second-order valence-electron chi connectivity index (χ2n) is 1.80. The summed E-state index contributed by atoms with van der Waals surface area (Å²) in [4.78, 5) is 0. The first-order chi connectivity index (χ1) is 4.71. The van der Waals surface area contributed by atoms with Crippen LogP contribution in [0.4, 0.5) is 0 Å². The third kappa shape index (κ3) is 10.7. The molecule has 0 aliphatic carbocycles. The van der Waals surface area contributed by atoms with Gasteiger partial charge in [-0.05, 0) is 0 Å². The van der Waals surface area contributed by atoms with Gasteiger partial charge in [0, 0.05) is 13.0 Å². The van der Waals surface area contributed by atoms with Gasteiger partial charge in [0.2, 0.25) is 0 Å². The summed E-state index contributed by atoms with van der Waals surface area (Å²) < 4.78 is 21.0. The lowest BCUT2D eigenvalue weighted by atomic mass is 10.5. The first-order valence-electron chi connectivity index (χ1n) is 2.55. The SMILES string of the molecule is NS(=O)(=O)NCCC(Cl)(Cl)Cl. The zero-order chi connectivity index (χ0) is 9.12. The summed E-state index contributed by atoms with van der Waals surface area (Å²) in [5.74, 6) is 0. The number of nitrogens with one attached hydrogen (secondary N) is 1. The molecule has 4 nitrogen and oxygen atoms in total. The monoisotopic (exact) mass is 240 g/mol. The van der Waals surface area contributed by atoms with Crippen LogP contribution in [-0.4, -0.2) is 18.8 Å². The van der Waals surface area contributed by atoms with E-state index < -0.39 is 14.0 Å². The first-order valence-corrected chi connectivity index (χ1v) is 5.23. The Morgan fingerprint density at radius 1 is 1.36 bits per heavy atom. The van der Waals surface area contributed by atoms with E-state index in [1.54, 1.807) is 0 Å². The smallest absolute Gasteiger partial charge is 0.216 e. The molecule has 0 aromatic heterocycles. The van der Waals surface area contributed by atoms with Crippen molar-refractivity contribution >= 4 is 45.0 Å². The Balaban J connectivity index is 3.61. The highest BCUT2D eigenvalue weighted by atomic mass is 35.6. The minimum atomic E-state index is -3.67. The fourth-order valence-electron chi connectivity index (χ4n) is 0.335. The van der Waals surface area contributed by atoms with Crippen LogP contribution in [0.15, 0.2) is 0 Å². The van der Waals surface area contributed by atoms with Crippen LogP contribution in [0, 0.1) is 0 Å². The molecular formula is C3H7Cl3N2O2S. The van der Waals surface area contributed by atoms with Gasteiger partial charge >= 0.3 is 0 Å². The van der Waals surface area contributed by atoms with Gasteiger partial charge < -0.3 is 0 Å². The molecule has 0 amide bonds. The minimum absolute atomic E-state index is 0.00926. The van der Waals surface area contributed by atoms with Crippen LogP contribution in [-0.2, 0) is 10.2 Å². The number of hydrogen-bond acceptors (Lipinski definition) is 2. The molecule has 0 spiro atoms. The molecule has 8 heteroatoms. The molecule has 0 heterocycles. The molecule has 3 N–H and O–H groups in total. The van der Waals surface area contributed by atoms with Crippen LogP contribution in [0.25, 0.3) is 0 Å². The van der Waals surface area contributed by atoms with Gasteiger partial charge in [0.05, 0.1) is 0 Å². The lowest BCUT2D eigenvalue weighted by Gasteiger charge is -2.09. The highest BCUT2D eigenvalue weighted by molar-refractivity contribution is 7.87. The van der Waals surface area contributed by atoms with E-state index in [0.717, 1.165) is 0 Å². The van der Waals surface area contributed by atoms with Crippen molar-refractivity contribution in [2.75, 3.05) is 6.54 Å². The molecule has 0 aromatic carbocycles. The third-order valence-electron chi connectivity index (χ3n) is 0.712. The lowest BCUT2D eigenvalue weighted by Crippen LogP contribution is -2.32. The summed E-state index contributed by atoms with van der Waals surface area (Å²) in [7, 11) is -3.67. The Bertz CT molecular complexity index is 209. The summed E-state index contributed by atoms with van der Waals surface area (Å²) in [5, 5.41) is 4.60. The number of rotatable bonds is 3. The maximum Gasteiger partial charge on any atom is 0.274 e. The molecular weight excluding hydrogens is 234 g/mol. The molecule has 0 aliphatic rings. The van der Waals surface area contributed by atoms with Crippen molar-refractivity contribution in [1.82, 2.24) is 4.72 Å². The molecule has 0 bridgehead atoms. The van der Waals surface area contributed by atoms with Gasteiger partial charge in [-0.3, -0.25) is 0 Å². The van der Waals surface area contributed by atoms with Crippen molar-refractivity contribution in [2.45, 2.75) is 10.2 Å². The highest BCUT2D eigenvalue weighted by Crippen LogP contribution is 2.29. The van der Waals surface area contributed by atoms with Crippen LogP contribution in [0.2, 0.25) is 0 Å². The molecule has 0 unspecified atom stereocenters. The molecule has 0 aliphatic heterocycles. The fourth-order valence-corrected chi connectivity index (χ4v) is 1.01. The molecule has 68 valence electrons. The third-order valence-corrected chi connectivity index (χ3v) is 1.89. The summed E-state index contributed by atoms with van der Waals surface area (Å²) in [6.07, 6.45) is 0.0775. The van der Waals surface area contributed by atoms with E-state index in [1.807, 2.05) is 4.72 Å². The number of halogens is 3. The Hall–Kier alpha value is 0.740. The lowest BCUT2D eigenvalue weighted by molar-refractivity contribution is 0.581. The van der Waals surface area contributed by atoms with E-state index in [1.165, 1.54) is 0 Å². The van der Waals surface area contributed by atoms with E-state index in [0.29, 0.717) is 0 Å². The normalized spacial score (nSPS) is 13.5. The van der Waals surface area contributed by atoms with Gasteiger partial charge in [0.15, 0.2) is 3.79 Å². The second-order valence-corrected chi connectivity index (χ2v) is 5.70. The second kappa shape index (κ2) is 4.11. The van der Waals surface area contributed by atoms with Crippen molar-refractivity contribution in [3.63, 3.8) is 0 Å². The molecule has 0 atom stereocenters. The molecule has 0 aromatic rings. The summed E-state index contributed by atoms with van der Waals surface area (Å²) >= 11 is 16.0. The fraction of sp³-hybridized carbons (Fsp3) is 1.00. The molecule has 11 heavy (non-hydrogen) atoms. The van der Waals surface area contributed by atoms with Gasteiger partial charge in [-0.1, -0.05) is 34.8 Å². The molecule has 0 radical (unpaired) electrons.